The smallest absolute Gasteiger partial charge is 0.233 e. The summed E-state index contributed by atoms with van der Waals surface area (Å²) < 4.78 is 0. The van der Waals surface area contributed by atoms with E-state index in [0.29, 0.717) is 0 Å². The van der Waals surface area contributed by atoms with Gasteiger partial charge in [-0.05, 0) is 12.8 Å². The molecule has 0 bridgehead atoms. The van der Waals surface area contributed by atoms with E-state index in [-0.39, 0.29) is 41.9 Å². The van der Waals surface area contributed by atoms with Gasteiger partial charge < -0.3 is 0 Å². The van der Waals surface area contributed by atoms with E-state index in [2.05, 4.69) is 0 Å². The number of likely N-dealkylation sites (tertiary alicyclic amines) is 1. The zero-order valence-corrected chi connectivity index (χ0v) is 10.4. The van der Waals surface area contributed by atoms with Crippen molar-refractivity contribution in [3.63, 3.8) is 0 Å². The third kappa shape index (κ3) is 2.13. The second-order valence-electron chi connectivity index (χ2n) is 5.38. The van der Waals surface area contributed by atoms with Crippen molar-refractivity contribution in [2.24, 2.45) is 17.8 Å². The fourth-order valence-electron chi connectivity index (χ4n) is 2.73. The summed E-state index contributed by atoms with van der Waals surface area (Å²) in [7, 11) is 0. The summed E-state index contributed by atoms with van der Waals surface area (Å²) in [5.74, 6) is -0.682. The van der Waals surface area contributed by atoms with Crippen LogP contribution in [-0.2, 0) is 14.4 Å². The number of carbonyl (C=O) groups excluding carboxylic acids is 3. The average molecular weight is 237 g/mol. The van der Waals surface area contributed by atoms with E-state index in [9.17, 15) is 14.4 Å². The maximum absolute atomic E-state index is 12.1. The van der Waals surface area contributed by atoms with E-state index in [0.717, 1.165) is 25.7 Å². The van der Waals surface area contributed by atoms with Crippen LogP contribution in [-0.4, -0.2) is 29.0 Å². The zero-order chi connectivity index (χ0) is 12.6. The van der Waals surface area contributed by atoms with Gasteiger partial charge in [-0.2, -0.15) is 0 Å². The van der Waals surface area contributed by atoms with E-state index in [1.165, 1.54) is 4.90 Å². The van der Waals surface area contributed by atoms with E-state index < -0.39 is 0 Å². The number of hydrogen-bond acceptors (Lipinski definition) is 3. The molecule has 94 valence electrons. The number of nitrogens with zero attached hydrogens (tertiary/aromatic N) is 1. The lowest BCUT2D eigenvalue weighted by molar-refractivity contribution is -0.143. The number of ketones is 1. The Balaban J connectivity index is 2.11. The Morgan fingerprint density at radius 3 is 2.06 bits per heavy atom. The Morgan fingerprint density at radius 1 is 1.18 bits per heavy atom. The molecule has 1 saturated carbocycles. The Kier molecular flexibility index (Phi) is 3.31. The molecule has 4 nitrogen and oxygen atoms in total. The molecule has 0 aromatic carbocycles. The van der Waals surface area contributed by atoms with Crippen LogP contribution >= 0.6 is 0 Å². The van der Waals surface area contributed by atoms with Gasteiger partial charge in [0.15, 0.2) is 5.78 Å². The SMILES string of the molecule is CC(C)C(=O)CN1C(=O)C2CCCCC2C1=O. The lowest BCUT2D eigenvalue weighted by Crippen LogP contribution is -2.37. The molecule has 0 radical (unpaired) electrons. The number of carbonyl (C=O) groups is 3. The fourth-order valence-corrected chi connectivity index (χ4v) is 2.73. The molecule has 2 atom stereocenters. The molecular weight excluding hydrogens is 218 g/mol. The predicted octanol–water partition coefficient (Wildman–Crippen LogP) is 1.39. The minimum absolute atomic E-state index is 0.0255. The summed E-state index contributed by atoms with van der Waals surface area (Å²) in [5.41, 5.74) is 0. The zero-order valence-electron chi connectivity index (χ0n) is 10.4. The summed E-state index contributed by atoms with van der Waals surface area (Å²) in [6, 6.07) is 0. The molecule has 0 N–H and O–H groups in total. The highest BCUT2D eigenvalue weighted by Gasteiger charge is 2.48. The Hall–Kier alpha value is -1.19. The molecular formula is C13H19NO3. The van der Waals surface area contributed by atoms with Crippen LogP contribution in [0.25, 0.3) is 0 Å². The first-order valence-electron chi connectivity index (χ1n) is 6.40. The van der Waals surface area contributed by atoms with Gasteiger partial charge >= 0.3 is 0 Å². The molecule has 17 heavy (non-hydrogen) atoms. The molecule has 1 aliphatic heterocycles. The molecule has 1 saturated heterocycles. The van der Waals surface area contributed by atoms with Crippen LogP contribution in [0.3, 0.4) is 0 Å². The van der Waals surface area contributed by atoms with Crippen molar-refractivity contribution in [2.45, 2.75) is 39.5 Å². The number of rotatable bonds is 3. The molecule has 4 heteroatoms. The number of imide groups is 1. The van der Waals surface area contributed by atoms with Gasteiger partial charge in [-0.1, -0.05) is 26.7 Å². The topological polar surface area (TPSA) is 54.5 Å². The Bertz CT molecular complexity index is 338. The first kappa shape index (κ1) is 12.3. The highest BCUT2D eigenvalue weighted by molar-refractivity contribution is 6.07. The van der Waals surface area contributed by atoms with Gasteiger partial charge in [0.25, 0.3) is 0 Å². The summed E-state index contributed by atoms with van der Waals surface area (Å²) >= 11 is 0. The van der Waals surface area contributed by atoms with Gasteiger partial charge in [0.05, 0.1) is 18.4 Å². The average Bonchev–Trinajstić information content (AvgIpc) is 2.55. The monoisotopic (exact) mass is 237 g/mol. The van der Waals surface area contributed by atoms with Crippen LogP contribution in [0.5, 0.6) is 0 Å². The molecule has 2 amide bonds. The van der Waals surface area contributed by atoms with Crippen LogP contribution in [0.4, 0.5) is 0 Å². The Labute approximate surface area is 101 Å². The summed E-state index contributed by atoms with van der Waals surface area (Å²) in [5, 5.41) is 0. The molecule has 2 aliphatic rings. The molecule has 1 heterocycles. The van der Waals surface area contributed by atoms with Crippen molar-refractivity contribution in [1.82, 2.24) is 4.90 Å². The van der Waals surface area contributed by atoms with E-state index in [1.807, 2.05) is 0 Å². The first-order chi connectivity index (χ1) is 8.02. The summed E-state index contributed by atoms with van der Waals surface area (Å²) in [6.45, 7) is 3.56. The molecule has 0 aromatic rings. The minimum atomic E-state index is -0.142. The maximum atomic E-state index is 12.1. The third-order valence-corrected chi connectivity index (χ3v) is 3.89. The number of amides is 2. The van der Waals surface area contributed by atoms with Gasteiger partial charge in [-0.3, -0.25) is 19.3 Å². The molecule has 0 aromatic heterocycles. The highest BCUT2D eigenvalue weighted by atomic mass is 16.2. The van der Waals surface area contributed by atoms with Crippen molar-refractivity contribution in [2.75, 3.05) is 6.54 Å². The van der Waals surface area contributed by atoms with Gasteiger partial charge in [0, 0.05) is 5.92 Å². The van der Waals surface area contributed by atoms with Crippen molar-refractivity contribution in [3.05, 3.63) is 0 Å². The molecule has 1 aliphatic carbocycles. The second-order valence-corrected chi connectivity index (χ2v) is 5.38. The normalized spacial score (nSPS) is 28.8. The van der Waals surface area contributed by atoms with Gasteiger partial charge in [0.2, 0.25) is 11.8 Å². The van der Waals surface area contributed by atoms with Crippen molar-refractivity contribution in [1.29, 1.82) is 0 Å². The van der Waals surface area contributed by atoms with E-state index in [4.69, 9.17) is 0 Å². The summed E-state index contributed by atoms with van der Waals surface area (Å²) in [6.07, 6.45) is 3.65. The van der Waals surface area contributed by atoms with Crippen LogP contribution in [0.1, 0.15) is 39.5 Å². The number of hydrogen-bond donors (Lipinski definition) is 0. The fraction of sp³-hybridized carbons (Fsp3) is 0.769. The van der Waals surface area contributed by atoms with Crippen LogP contribution in [0.15, 0.2) is 0 Å². The number of Topliss-reactive ketones (excluding diaryl/α,β-unsaturated/α-hetero) is 1. The van der Waals surface area contributed by atoms with Crippen LogP contribution in [0.2, 0.25) is 0 Å². The van der Waals surface area contributed by atoms with Crippen molar-refractivity contribution < 1.29 is 14.4 Å². The summed E-state index contributed by atoms with van der Waals surface area (Å²) in [4.78, 5) is 37.0. The Morgan fingerprint density at radius 2 is 1.65 bits per heavy atom. The molecule has 2 rings (SSSR count). The molecule has 2 fully saturated rings. The van der Waals surface area contributed by atoms with Crippen molar-refractivity contribution >= 4 is 17.6 Å². The number of fused-ring (bicyclic) bond motifs is 1. The lowest BCUT2D eigenvalue weighted by Gasteiger charge is -2.19. The van der Waals surface area contributed by atoms with Crippen LogP contribution in [0, 0.1) is 17.8 Å². The maximum Gasteiger partial charge on any atom is 0.233 e. The lowest BCUT2D eigenvalue weighted by atomic mass is 9.81. The van der Waals surface area contributed by atoms with E-state index >= 15 is 0 Å². The first-order valence-corrected chi connectivity index (χ1v) is 6.40. The van der Waals surface area contributed by atoms with E-state index in [1.54, 1.807) is 13.8 Å². The minimum Gasteiger partial charge on any atom is -0.297 e. The second kappa shape index (κ2) is 4.59. The van der Waals surface area contributed by atoms with Gasteiger partial charge in [0.1, 0.15) is 0 Å². The van der Waals surface area contributed by atoms with Crippen LogP contribution < -0.4 is 0 Å². The predicted molar refractivity (Wildman–Crippen MR) is 62.0 cm³/mol. The standard InChI is InChI=1S/C13H19NO3/c1-8(2)11(15)7-14-12(16)9-5-3-4-6-10(9)13(14)17/h8-10H,3-7H2,1-2H3. The largest absolute Gasteiger partial charge is 0.297 e. The molecule has 2 unspecified atom stereocenters. The highest BCUT2D eigenvalue weighted by Crippen LogP contribution is 2.37. The van der Waals surface area contributed by atoms with Gasteiger partial charge in [-0.25, -0.2) is 0 Å². The molecule has 0 spiro atoms. The third-order valence-electron chi connectivity index (χ3n) is 3.89. The van der Waals surface area contributed by atoms with Crippen molar-refractivity contribution in [3.8, 4) is 0 Å². The van der Waals surface area contributed by atoms with Gasteiger partial charge in [-0.15, -0.1) is 0 Å². The quantitative estimate of drug-likeness (QED) is 0.697.